The van der Waals surface area contributed by atoms with Gasteiger partial charge >= 0.3 is 11.8 Å². The number of aryl methyl sites for hydroxylation is 2. The SMILES string of the molecule is COc1ccc(CCNC(=O)C(=O)Nc2cc(C)cc(C)c2)cc1. The minimum Gasteiger partial charge on any atom is -0.497 e. The Labute approximate surface area is 142 Å². The molecule has 5 nitrogen and oxygen atoms in total. The second-order valence-electron chi connectivity index (χ2n) is 5.68. The first kappa shape index (κ1) is 17.5. The fourth-order valence-corrected chi connectivity index (χ4v) is 2.43. The van der Waals surface area contributed by atoms with Crippen molar-refractivity contribution in [3.63, 3.8) is 0 Å². The van der Waals surface area contributed by atoms with Crippen LogP contribution < -0.4 is 15.4 Å². The highest BCUT2D eigenvalue weighted by Gasteiger charge is 2.13. The zero-order chi connectivity index (χ0) is 17.5. The topological polar surface area (TPSA) is 67.4 Å². The molecule has 24 heavy (non-hydrogen) atoms. The van der Waals surface area contributed by atoms with Gasteiger partial charge in [-0.3, -0.25) is 9.59 Å². The van der Waals surface area contributed by atoms with Crippen LogP contribution >= 0.6 is 0 Å². The lowest BCUT2D eigenvalue weighted by Crippen LogP contribution is -2.36. The summed E-state index contributed by atoms with van der Waals surface area (Å²) in [7, 11) is 1.61. The van der Waals surface area contributed by atoms with Crippen LogP contribution in [0.25, 0.3) is 0 Å². The van der Waals surface area contributed by atoms with Crippen LogP contribution in [0.15, 0.2) is 42.5 Å². The Bertz CT molecular complexity index is 704. The molecule has 2 aromatic rings. The standard InChI is InChI=1S/C19H22N2O3/c1-13-10-14(2)12-16(11-13)21-19(23)18(22)20-9-8-15-4-6-17(24-3)7-5-15/h4-7,10-12H,8-9H2,1-3H3,(H,20,22)(H,21,23). The Morgan fingerprint density at radius 2 is 1.58 bits per heavy atom. The van der Waals surface area contributed by atoms with E-state index in [1.807, 2.05) is 56.3 Å². The number of amides is 2. The maximum Gasteiger partial charge on any atom is 0.313 e. The summed E-state index contributed by atoms with van der Waals surface area (Å²) < 4.78 is 5.09. The maximum absolute atomic E-state index is 11.9. The van der Waals surface area contributed by atoms with E-state index in [1.165, 1.54) is 0 Å². The summed E-state index contributed by atoms with van der Waals surface area (Å²) in [5.74, 6) is -0.506. The summed E-state index contributed by atoms with van der Waals surface area (Å²) in [6.07, 6.45) is 0.645. The van der Waals surface area contributed by atoms with E-state index < -0.39 is 11.8 Å². The van der Waals surface area contributed by atoms with E-state index in [0.29, 0.717) is 18.7 Å². The average Bonchev–Trinajstić information content (AvgIpc) is 2.54. The van der Waals surface area contributed by atoms with Gasteiger partial charge in [-0.1, -0.05) is 18.2 Å². The van der Waals surface area contributed by atoms with Crippen LogP contribution in [0, 0.1) is 13.8 Å². The second-order valence-corrected chi connectivity index (χ2v) is 5.68. The van der Waals surface area contributed by atoms with Crippen molar-refractivity contribution in [2.75, 3.05) is 19.0 Å². The van der Waals surface area contributed by atoms with Gasteiger partial charge in [0.05, 0.1) is 7.11 Å². The number of rotatable bonds is 5. The Morgan fingerprint density at radius 1 is 0.958 bits per heavy atom. The molecule has 0 saturated heterocycles. The number of anilines is 1. The molecule has 126 valence electrons. The molecule has 0 unspecified atom stereocenters. The molecule has 0 spiro atoms. The van der Waals surface area contributed by atoms with Crippen molar-refractivity contribution >= 4 is 17.5 Å². The van der Waals surface area contributed by atoms with E-state index >= 15 is 0 Å². The fourth-order valence-electron chi connectivity index (χ4n) is 2.43. The predicted molar refractivity (Wildman–Crippen MR) is 94.3 cm³/mol. The van der Waals surface area contributed by atoms with Gasteiger partial charge in [-0.15, -0.1) is 0 Å². The number of benzene rings is 2. The normalized spacial score (nSPS) is 10.1. The number of ether oxygens (including phenoxy) is 1. The van der Waals surface area contributed by atoms with Crippen molar-refractivity contribution in [2.45, 2.75) is 20.3 Å². The first-order valence-electron chi connectivity index (χ1n) is 7.78. The lowest BCUT2D eigenvalue weighted by atomic mass is 10.1. The van der Waals surface area contributed by atoms with E-state index in [1.54, 1.807) is 7.11 Å². The molecule has 0 bridgehead atoms. The molecule has 0 saturated carbocycles. The molecule has 0 radical (unpaired) electrons. The third-order valence-electron chi connectivity index (χ3n) is 3.54. The minimum atomic E-state index is -0.658. The van der Waals surface area contributed by atoms with Crippen LogP contribution in [0.3, 0.4) is 0 Å². The molecule has 0 heterocycles. The number of methoxy groups -OCH3 is 1. The molecule has 0 aliphatic rings. The summed E-state index contributed by atoms with van der Waals surface area (Å²) >= 11 is 0. The third-order valence-corrected chi connectivity index (χ3v) is 3.54. The molecule has 2 N–H and O–H groups in total. The fraction of sp³-hybridized carbons (Fsp3) is 0.263. The largest absolute Gasteiger partial charge is 0.497 e. The van der Waals surface area contributed by atoms with Gasteiger partial charge in [0.15, 0.2) is 0 Å². The van der Waals surface area contributed by atoms with Gasteiger partial charge in [0.1, 0.15) is 5.75 Å². The Balaban J connectivity index is 1.81. The Hall–Kier alpha value is -2.82. The molecule has 2 amide bonds. The number of hydrogen-bond acceptors (Lipinski definition) is 3. The van der Waals surface area contributed by atoms with Crippen molar-refractivity contribution in [3.8, 4) is 5.75 Å². The molecule has 0 fully saturated rings. The van der Waals surface area contributed by atoms with Crippen molar-refractivity contribution in [1.29, 1.82) is 0 Å². The van der Waals surface area contributed by atoms with E-state index in [0.717, 1.165) is 22.4 Å². The highest BCUT2D eigenvalue weighted by atomic mass is 16.5. The zero-order valence-corrected chi connectivity index (χ0v) is 14.2. The second kappa shape index (κ2) is 8.15. The van der Waals surface area contributed by atoms with Crippen molar-refractivity contribution in [2.24, 2.45) is 0 Å². The average molecular weight is 326 g/mol. The van der Waals surface area contributed by atoms with E-state index in [2.05, 4.69) is 10.6 Å². The van der Waals surface area contributed by atoms with Gasteiger partial charge < -0.3 is 15.4 Å². The van der Waals surface area contributed by atoms with Crippen LogP contribution in [0.1, 0.15) is 16.7 Å². The lowest BCUT2D eigenvalue weighted by molar-refractivity contribution is -0.136. The van der Waals surface area contributed by atoms with E-state index in [4.69, 9.17) is 4.74 Å². The molecular weight excluding hydrogens is 304 g/mol. The highest BCUT2D eigenvalue weighted by molar-refractivity contribution is 6.39. The number of hydrogen-bond donors (Lipinski definition) is 2. The number of carbonyl (C=O) groups excluding carboxylic acids is 2. The molecule has 2 aromatic carbocycles. The van der Waals surface area contributed by atoms with Crippen LogP contribution in [-0.2, 0) is 16.0 Å². The molecule has 5 heteroatoms. The number of carbonyl (C=O) groups is 2. The van der Waals surface area contributed by atoms with E-state index in [-0.39, 0.29) is 0 Å². The summed E-state index contributed by atoms with van der Waals surface area (Å²) in [5, 5.41) is 5.25. The summed E-state index contributed by atoms with van der Waals surface area (Å²) in [6, 6.07) is 13.3. The van der Waals surface area contributed by atoms with Crippen molar-refractivity contribution < 1.29 is 14.3 Å². The summed E-state index contributed by atoms with van der Waals surface area (Å²) in [5.41, 5.74) is 3.75. The zero-order valence-electron chi connectivity index (χ0n) is 14.2. The summed E-state index contributed by atoms with van der Waals surface area (Å²) in [4.78, 5) is 23.8. The Kier molecular flexibility index (Phi) is 5.95. The quantitative estimate of drug-likeness (QED) is 0.830. The van der Waals surface area contributed by atoms with Crippen LogP contribution in [0.4, 0.5) is 5.69 Å². The number of nitrogens with one attached hydrogen (secondary N) is 2. The van der Waals surface area contributed by atoms with Crippen LogP contribution in [0.5, 0.6) is 5.75 Å². The molecule has 2 rings (SSSR count). The van der Waals surface area contributed by atoms with Crippen LogP contribution in [0.2, 0.25) is 0 Å². The van der Waals surface area contributed by atoms with Gasteiger partial charge in [-0.25, -0.2) is 0 Å². The third kappa shape index (κ3) is 5.12. The maximum atomic E-state index is 11.9. The summed E-state index contributed by atoms with van der Waals surface area (Å²) in [6.45, 7) is 4.28. The van der Waals surface area contributed by atoms with E-state index in [9.17, 15) is 9.59 Å². The first-order valence-corrected chi connectivity index (χ1v) is 7.78. The molecule has 0 atom stereocenters. The monoisotopic (exact) mass is 326 g/mol. The molecule has 0 aliphatic heterocycles. The minimum absolute atomic E-state index is 0.394. The molecule has 0 aromatic heterocycles. The molecule has 0 aliphatic carbocycles. The smallest absolute Gasteiger partial charge is 0.313 e. The predicted octanol–water partition coefficient (Wildman–Crippen LogP) is 2.61. The molecular formula is C19H22N2O3. The highest BCUT2D eigenvalue weighted by Crippen LogP contribution is 2.13. The van der Waals surface area contributed by atoms with Gasteiger partial charge in [0.2, 0.25) is 0 Å². The van der Waals surface area contributed by atoms with Crippen LogP contribution in [-0.4, -0.2) is 25.5 Å². The van der Waals surface area contributed by atoms with Gasteiger partial charge in [0, 0.05) is 12.2 Å². The van der Waals surface area contributed by atoms with Gasteiger partial charge in [-0.05, 0) is 61.2 Å². The van der Waals surface area contributed by atoms with Crippen molar-refractivity contribution in [3.05, 3.63) is 59.2 Å². The first-order chi connectivity index (χ1) is 11.5. The lowest BCUT2D eigenvalue weighted by Gasteiger charge is -2.08. The van der Waals surface area contributed by atoms with Gasteiger partial charge in [-0.2, -0.15) is 0 Å². The Morgan fingerprint density at radius 3 is 2.17 bits per heavy atom. The van der Waals surface area contributed by atoms with Crippen molar-refractivity contribution in [1.82, 2.24) is 5.32 Å². The van der Waals surface area contributed by atoms with Gasteiger partial charge in [0.25, 0.3) is 0 Å².